The summed E-state index contributed by atoms with van der Waals surface area (Å²) in [5.41, 5.74) is 10.9. The van der Waals surface area contributed by atoms with E-state index in [0.717, 1.165) is 60.9 Å². The van der Waals surface area contributed by atoms with Gasteiger partial charge in [-0.25, -0.2) is 0 Å². The molecule has 2 heterocycles. The second-order valence-corrected chi connectivity index (χ2v) is 12.0. The van der Waals surface area contributed by atoms with Gasteiger partial charge in [0.25, 0.3) is 0 Å². The third kappa shape index (κ3) is 4.07. The van der Waals surface area contributed by atoms with Crippen LogP contribution in [0.25, 0.3) is 77.2 Å². The van der Waals surface area contributed by atoms with Crippen LogP contribution in [0, 0.1) is 22.7 Å². The zero-order valence-corrected chi connectivity index (χ0v) is 25.8. The van der Waals surface area contributed by atoms with Gasteiger partial charge in [-0.3, -0.25) is 0 Å². The minimum absolute atomic E-state index is 0.466. The van der Waals surface area contributed by atoms with Crippen molar-refractivity contribution in [2.75, 3.05) is 0 Å². The lowest BCUT2D eigenvalue weighted by atomic mass is 9.94. The number of hydrogen-bond acceptors (Lipinski definition) is 2. The van der Waals surface area contributed by atoms with Crippen LogP contribution >= 0.6 is 0 Å². The van der Waals surface area contributed by atoms with E-state index < -0.39 is 0 Å². The molecular weight excluding hydrogens is 585 g/mol. The van der Waals surface area contributed by atoms with Crippen LogP contribution in [0.3, 0.4) is 0 Å². The first kappa shape index (κ1) is 27.4. The second-order valence-electron chi connectivity index (χ2n) is 12.0. The molecule has 7 aromatic carbocycles. The SMILES string of the molecule is N#Cc1cc(-n2c3ccccc3c3cccc(-c4ccc5c(c4)c4ccccc4n5-c4ccccc4)c32)cc(C#N)c1-c1ccccc1. The predicted octanol–water partition coefficient (Wildman–Crippen LogP) is 11.0. The molecule has 4 nitrogen and oxygen atoms in total. The summed E-state index contributed by atoms with van der Waals surface area (Å²) in [5, 5.41) is 25.4. The van der Waals surface area contributed by atoms with Gasteiger partial charge in [0.2, 0.25) is 0 Å². The van der Waals surface area contributed by atoms with Crippen molar-refractivity contribution in [2.45, 2.75) is 0 Å². The molecule has 4 heteroatoms. The molecule has 9 aromatic rings. The fraction of sp³-hybridized carbons (Fsp3) is 0. The first-order valence-electron chi connectivity index (χ1n) is 15.9. The fourth-order valence-corrected chi connectivity index (χ4v) is 7.36. The number of para-hydroxylation sites is 4. The summed E-state index contributed by atoms with van der Waals surface area (Å²) in [5.74, 6) is 0. The molecule has 0 atom stereocenters. The maximum absolute atomic E-state index is 10.4. The van der Waals surface area contributed by atoms with E-state index in [-0.39, 0.29) is 0 Å². The molecule has 0 saturated heterocycles. The Morgan fingerprint density at radius 2 is 0.958 bits per heavy atom. The van der Waals surface area contributed by atoms with Gasteiger partial charge < -0.3 is 9.13 Å². The Labute approximate surface area is 277 Å². The van der Waals surface area contributed by atoms with E-state index in [1.165, 1.54) is 10.8 Å². The summed E-state index contributed by atoms with van der Waals surface area (Å²) in [6.45, 7) is 0. The molecule has 0 aliphatic carbocycles. The molecule has 0 radical (unpaired) electrons. The molecule has 0 spiro atoms. The van der Waals surface area contributed by atoms with Crippen molar-refractivity contribution in [3.8, 4) is 45.8 Å². The van der Waals surface area contributed by atoms with Gasteiger partial charge in [0.15, 0.2) is 0 Å². The number of nitrogens with zero attached hydrogens (tertiary/aromatic N) is 4. The van der Waals surface area contributed by atoms with Gasteiger partial charge in [-0.15, -0.1) is 0 Å². The van der Waals surface area contributed by atoms with Crippen LogP contribution in [-0.4, -0.2) is 9.13 Å². The predicted molar refractivity (Wildman–Crippen MR) is 195 cm³/mol. The summed E-state index contributed by atoms with van der Waals surface area (Å²) < 4.78 is 4.54. The van der Waals surface area contributed by atoms with Gasteiger partial charge in [-0.1, -0.05) is 109 Å². The summed E-state index contributed by atoms with van der Waals surface area (Å²) >= 11 is 0. The minimum Gasteiger partial charge on any atom is -0.309 e. The smallest absolute Gasteiger partial charge is 0.0999 e. The van der Waals surface area contributed by atoms with Gasteiger partial charge in [-0.2, -0.15) is 10.5 Å². The Balaban J connectivity index is 1.34. The first-order chi connectivity index (χ1) is 23.7. The monoisotopic (exact) mass is 610 g/mol. The topological polar surface area (TPSA) is 57.4 Å². The van der Waals surface area contributed by atoms with E-state index >= 15 is 0 Å². The quantitative estimate of drug-likeness (QED) is 0.199. The zero-order valence-electron chi connectivity index (χ0n) is 25.8. The molecule has 2 aromatic heterocycles. The Morgan fingerprint density at radius 1 is 0.396 bits per heavy atom. The van der Waals surface area contributed by atoms with Gasteiger partial charge in [-0.05, 0) is 59.7 Å². The summed E-state index contributed by atoms with van der Waals surface area (Å²) in [7, 11) is 0. The van der Waals surface area contributed by atoms with Gasteiger partial charge in [0, 0.05) is 44.0 Å². The van der Waals surface area contributed by atoms with Crippen LogP contribution in [0.5, 0.6) is 0 Å². The number of aromatic nitrogens is 2. The van der Waals surface area contributed by atoms with E-state index in [1.54, 1.807) is 0 Å². The van der Waals surface area contributed by atoms with Crippen molar-refractivity contribution in [1.82, 2.24) is 9.13 Å². The lowest BCUT2D eigenvalue weighted by molar-refractivity contribution is 1.17. The largest absolute Gasteiger partial charge is 0.309 e. The Morgan fingerprint density at radius 3 is 1.65 bits per heavy atom. The lowest BCUT2D eigenvalue weighted by Gasteiger charge is -2.15. The summed E-state index contributed by atoms with van der Waals surface area (Å²) in [6.07, 6.45) is 0. The highest BCUT2D eigenvalue weighted by Crippen LogP contribution is 2.41. The number of benzene rings is 7. The second kappa shape index (κ2) is 10.9. The Kier molecular flexibility index (Phi) is 6.22. The van der Waals surface area contributed by atoms with Gasteiger partial charge in [0.05, 0.1) is 45.3 Å². The molecule has 9 rings (SSSR count). The van der Waals surface area contributed by atoms with E-state index in [2.05, 4.69) is 124 Å². The van der Waals surface area contributed by atoms with Crippen molar-refractivity contribution in [1.29, 1.82) is 10.5 Å². The van der Waals surface area contributed by atoms with Crippen LogP contribution in [0.4, 0.5) is 0 Å². The third-order valence-corrected chi connectivity index (χ3v) is 9.38. The number of hydrogen-bond donors (Lipinski definition) is 0. The van der Waals surface area contributed by atoms with Crippen LogP contribution in [0.1, 0.15) is 11.1 Å². The van der Waals surface area contributed by atoms with Gasteiger partial charge in [0.1, 0.15) is 0 Å². The van der Waals surface area contributed by atoms with Crippen molar-refractivity contribution in [3.63, 3.8) is 0 Å². The normalized spacial score (nSPS) is 11.3. The van der Waals surface area contributed by atoms with Crippen molar-refractivity contribution < 1.29 is 0 Å². The molecule has 0 saturated carbocycles. The lowest BCUT2D eigenvalue weighted by Crippen LogP contribution is -2.00. The maximum Gasteiger partial charge on any atom is 0.0999 e. The Hall–Kier alpha value is -6.88. The van der Waals surface area contributed by atoms with Crippen LogP contribution in [-0.2, 0) is 0 Å². The highest BCUT2D eigenvalue weighted by Gasteiger charge is 2.21. The highest BCUT2D eigenvalue weighted by molar-refractivity contribution is 6.15. The molecule has 222 valence electrons. The zero-order chi connectivity index (χ0) is 32.2. The molecule has 0 aliphatic heterocycles. The van der Waals surface area contributed by atoms with Crippen LogP contribution in [0.15, 0.2) is 158 Å². The molecule has 0 fully saturated rings. The van der Waals surface area contributed by atoms with Gasteiger partial charge >= 0.3 is 0 Å². The minimum atomic E-state index is 0.466. The average Bonchev–Trinajstić information content (AvgIpc) is 3.68. The molecule has 0 bridgehead atoms. The number of fused-ring (bicyclic) bond motifs is 6. The molecule has 0 amide bonds. The molecular formula is C44H26N4. The number of nitriles is 2. The van der Waals surface area contributed by atoms with E-state index in [0.29, 0.717) is 16.7 Å². The Bertz CT molecular complexity index is 2750. The third-order valence-electron chi connectivity index (χ3n) is 9.38. The molecule has 0 aliphatic rings. The maximum atomic E-state index is 10.4. The molecule has 48 heavy (non-hydrogen) atoms. The van der Waals surface area contributed by atoms with E-state index in [1.807, 2.05) is 54.6 Å². The summed E-state index contributed by atoms with van der Waals surface area (Å²) in [6, 6.07) is 58.9. The van der Waals surface area contributed by atoms with Crippen LogP contribution < -0.4 is 0 Å². The first-order valence-corrected chi connectivity index (χ1v) is 15.9. The fourth-order valence-electron chi connectivity index (χ4n) is 7.36. The number of rotatable bonds is 4. The standard InChI is InChI=1S/C44H26N4/c45-27-31-24-34(25-32(28-46)43(31)29-12-3-1-4-13-29)48-41-21-10-7-16-36(41)38-19-11-18-35(44(38)48)30-22-23-42-39(26-30)37-17-8-9-20-40(37)47(42)33-14-5-2-6-15-33/h1-26H. The average molecular weight is 611 g/mol. The van der Waals surface area contributed by atoms with Crippen LogP contribution in [0.2, 0.25) is 0 Å². The molecule has 0 N–H and O–H groups in total. The van der Waals surface area contributed by atoms with Crippen molar-refractivity contribution >= 4 is 43.6 Å². The van der Waals surface area contributed by atoms with Crippen molar-refractivity contribution in [2.24, 2.45) is 0 Å². The molecule has 0 unspecified atom stereocenters. The van der Waals surface area contributed by atoms with E-state index in [9.17, 15) is 10.5 Å². The highest BCUT2D eigenvalue weighted by atomic mass is 15.0. The van der Waals surface area contributed by atoms with E-state index in [4.69, 9.17) is 0 Å². The summed E-state index contributed by atoms with van der Waals surface area (Å²) in [4.78, 5) is 0. The van der Waals surface area contributed by atoms with Crippen molar-refractivity contribution in [3.05, 3.63) is 169 Å².